The van der Waals surface area contributed by atoms with Crippen LogP contribution in [0.3, 0.4) is 0 Å². The van der Waals surface area contributed by atoms with Crippen molar-refractivity contribution in [2.45, 2.75) is 59.0 Å². The van der Waals surface area contributed by atoms with Gasteiger partial charge in [-0.2, -0.15) is 0 Å². The predicted octanol–water partition coefficient (Wildman–Crippen LogP) is 1.73. The largest absolute Gasteiger partial charge is 0.376 e. The van der Waals surface area contributed by atoms with Gasteiger partial charge in [0.1, 0.15) is 18.6 Å². The lowest BCUT2D eigenvalue weighted by Gasteiger charge is -2.11. The van der Waals surface area contributed by atoms with Crippen LogP contribution in [0.25, 0.3) is 0 Å². The van der Waals surface area contributed by atoms with Gasteiger partial charge >= 0.3 is 0 Å². The van der Waals surface area contributed by atoms with Crippen molar-refractivity contribution in [3.8, 4) is 0 Å². The fraction of sp³-hybridized carbons (Fsp3) is 0.706. The molecule has 0 aromatic carbocycles. The molecule has 0 unspecified atom stereocenters. The Morgan fingerprint density at radius 3 is 2.76 bits per heavy atom. The Morgan fingerprint density at radius 2 is 2.00 bits per heavy atom. The minimum Gasteiger partial charge on any atom is -0.376 e. The Morgan fingerprint density at radius 1 is 1.19 bits per heavy atom. The van der Waals surface area contributed by atoms with E-state index in [1.807, 2.05) is 0 Å². The number of nitrogens with zero attached hydrogens (tertiary/aromatic N) is 3. The van der Waals surface area contributed by atoms with Gasteiger partial charge in [0.15, 0.2) is 0 Å². The second-order valence-electron chi connectivity index (χ2n) is 5.80. The third kappa shape index (κ3) is 8.56. The topological polar surface area (TPSA) is 28.7 Å². The molecule has 21 heavy (non-hydrogen) atoms. The van der Waals surface area contributed by atoms with Crippen LogP contribution in [0.4, 0.5) is 0 Å². The van der Waals surface area contributed by atoms with E-state index >= 15 is 0 Å². The summed E-state index contributed by atoms with van der Waals surface area (Å²) in [6.07, 6.45) is 17.2. The van der Waals surface area contributed by atoms with Gasteiger partial charge in [-0.1, -0.05) is 26.7 Å². The number of unbranched alkanes of at least 4 members (excludes halogenated alkanes) is 2. The summed E-state index contributed by atoms with van der Waals surface area (Å²) >= 11 is 0. The Hall–Kier alpha value is -1.29. The lowest BCUT2D eigenvalue weighted by Crippen LogP contribution is -2.78. The minimum absolute atomic E-state index is 1.09. The molecule has 0 aliphatic rings. The molecule has 1 rings (SSSR count). The first kappa shape index (κ1) is 17.8. The van der Waals surface area contributed by atoms with Crippen molar-refractivity contribution < 1.29 is 9.88 Å². The summed E-state index contributed by atoms with van der Waals surface area (Å²) in [5.41, 5.74) is 0. The van der Waals surface area contributed by atoms with Gasteiger partial charge in [-0.05, 0) is 12.8 Å². The highest BCUT2D eigenvalue weighted by Crippen LogP contribution is 1.94. The number of aromatic nitrogens is 2. The smallest absolute Gasteiger partial charge is 0.243 e. The molecule has 1 aromatic heterocycles. The van der Waals surface area contributed by atoms with E-state index in [2.05, 4.69) is 71.4 Å². The second kappa shape index (κ2) is 11.4. The van der Waals surface area contributed by atoms with Crippen molar-refractivity contribution >= 4 is 0 Å². The highest BCUT2D eigenvalue weighted by molar-refractivity contribution is 4.70. The van der Waals surface area contributed by atoms with Crippen LogP contribution in [0.2, 0.25) is 0 Å². The summed E-state index contributed by atoms with van der Waals surface area (Å²) in [5, 5.41) is 2.27. The van der Waals surface area contributed by atoms with Crippen LogP contribution in [0.15, 0.2) is 31.1 Å². The van der Waals surface area contributed by atoms with Gasteiger partial charge in [0.2, 0.25) is 6.33 Å². The first-order valence-corrected chi connectivity index (χ1v) is 8.51. The summed E-state index contributed by atoms with van der Waals surface area (Å²) in [7, 11) is 2.15. The zero-order chi connectivity index (χ0) is 15.3. The monoisotopic (exact) mass is 294 g/mol. The Balaban J connectivity index is 2.13. The van der Waals surface area contributed by atoms with Gasteiger partial charge in [0.25, 0.3) is 0 Å². The molecule has 1 aromatic rings. The number of rotatable bonds is 12. The van der Waals surface area contributed by atoms with E-state index in [1.165, 1.54) is 38.6 Å². The van der Waals surface area contributed by atoms with Gasteiger partial charge in [-0.15, -0.1) is 0 Å². The Labute approximate surface area is 130 Å². The zero-order valence-corrected chi connectivity index (χ0v) is 14.2. The summed E-state index contributed by atoms with van der Waals surface area (Å²) in [5.74, 6) is 0. The molecule has 0 amide bonds. The molecule has 0 aliphatic heterocycles. The van der Waals surface area contributed by atoms with Crippen molar-refractivity contribution in [2.24, 2.45) is 0 Å². The van der Waals surface area contributed by atoms with Gasteiger partial charge in [0.05, 0.1) is 25.8 Å². The summed E-state index contributed by atoms with van der Waals surface area (Å²) in [6.45, 7) is 9.00. The maximum absolute atomic E-state index is 2.29. The molecule has 4 heteroatoms. The number of aryl methyl sites for hydroxylation is 2. The molecule has 0 aliphatic carbocycles. The lowest BCUT2D eigenvalue weighted by atomic mass is 10.3. The van der Waals surface area contributed by atoms with E-state index < -0.39 is 0 Å². The van der Waals surface area contributed by atoms with E-state index in [9.17, 15) is 0 Å². The summed E-state index contributed by atoms with van der Waals surface area (Å²) in [6, 6.07) is 0. The van der Waals surface area contributed by atoms with Crippen molar-refractivity contribution in [2.75, 3.05) is 20.1 Å². The van der Waals surface area contributed by atoms with Crippen LogP contribution in [-0.2, 0) is 13.1 Å². The average molecular weight is 294 g/mol. The fourth-order valence-electron chi connectivity index (χ4n) is 2.25. The van der Waals surface area contributed by atoms with Gasteiger partial charge in [0, 0.05) is 20.0 Å². The highest BCUT2D eigenvalue weighted by Gasteiger charge is 2.03. The maximum atomic E-state index is 2.29. The predicted molar refractivity (Wildman–Crippen MR) is 87.6 cm³/mol. The summed E-state index contributed by atoms with van der Waals surface area (Å²) in [4.78, 5) is 2.27. The number of hydrogen-bond acceptors (Lipinski definition) is 1. The standard InChI is InChI=1S/C17H33N4/c1-4-6-9-18-10-14-19(3)11-8-13-21-16-15-20(17-21)12-7-5-2/h10,14-18H,4-9,11-13H2,1-3H3/q+1/p+1/b14-10-. The third-order valence-corrected chi connectivity index (χ3v) is 3.64. The Bertz CT molecular complexity index is 384. The molecule has 120 valence electrons. The minimum atomic E-state index is 1.09. The van der Waals surface area contributed by atoms with Gasteiger partial charge < -0.3 is 10.2 Å². The number of quaternary nitrogens is 1. The van der Waals surface area contributed by atoms with E-state index in [4.69, 9.17) is 0 Å². The first-order valence-electron chi connectivity index (χ1n) is 8.51. The van der Waals surface area contributed by atoms with E-state index in [-0.39, 0.29) is 0 Å². The van der Waals surface area contributed by atoms with Crippen LogP contribution in [0.5, 0.6) is 0 Å². The number of hydrogen-bond donors (Lipinski definition) is 1. The molecule has 0 fully saturated rings. The third-order valence-electron chi connectivity index (χ3n) is 3.64. The molecule has 4 nitrogen and oxygen atoms in total. The summed E-state index contributed by atoms with van der Waals surface area (Å²) < 4.78 is 4.58. The number of imidazole rings is 1. The molecule has 0 atom stereocenters. The van der Waals surface area contributed by atoms with Gasteiger partial charge in [-0.3, -0.25) is 0 Å². The van der Waals surface area contributed by atoms with Crippen molar-refractivity contribution in [1.82, 2.24) is 9.47 Å². The van der Waals surface area contributed by atoms with Crippen molar-refractivity contribution in [3.63, 3.8) is 0 Å². The normalized spacial score (nSPS) is 11.4. The highest BCUT2D eigenvalue weighted by atomic mass is 15.1. The second-order valence-corrected chi connectivity index (χ2v) is 5.80. The molecule has 0 saturated carbocycles. The molecular weight excluding hydrogens is 260 g/mol. The lowest BCUT2D eigenvalue weighted by molar-refractivity contribution is -0.696. The average Bonchev–Trinajstić information content (AvgIpc) is 2.93. The molecule has 1 heterocycles. The van der Waals surface area contributed by atoms with Crippen molar-refractivity contribution in [3.05, 3.63) is 31.1 Å². The van der Waals surface area contributed by atoms with Crippen LogP contribution >= 0.6 is 0 Å². The zero-order valence-electron chi connectivity index (χ0n) is 14.2. The maximum Gasteiger partial charge on any atom is 0.243 e. The molecular formula is C17H34N4+2. The molecule has 2 N–H and O–H groups in total. The molecule has 0 spiro atoms. The van der Waals surface area contributed by atoms with E-state index in [0.717, 1.165) is 19.6 Å². The molecule has 0 bridgehead atoms. The van der Waals surface area contributed by atoms with E-state index in [1.54, 1.807) is 0 Å². The van der Waals surface area contributed by atoms with Crippen LogP contribution in [-0.4, -0.2) is 29.6 Å². The first-order chi connectivity index (χ1) is 10.3. The Kier molecular flexibility index (Phi) is 9.62. The molecule has 0 saturated heterocycles. The fourth-order valence-corrected chi connectivity index (χ4v) is 2.25. The van der Waals surface area contributed by atoms with E-state index in [0.29, 0.717) is 0 Å². The molecule has 0 radical (unpaired) electrons. The van der Waals surface area contributed by atoms with Crippen LogP contribution in [0.1, 0.15) is 46.0 Å². The van der Waals surface area contributed by atoms with Crippen molar-refractivity contribution in [1.29, 1.82) is 0 Å². The quantitative estimate of drug-likeness (QED) is 0.462. The van der Waals surface area contributed by atoms with Crippen LogP contribution in [0, 0.1) is 0 Å². The SMILES string of the molecule is CCCC[NH2+]/C=C\N(C)CCC[n+]1ccn(CCCC)c1. The van der Waals surface area contributed by atoms with Gasteiger partial charge in [-0.25, -0.2) is 9.13 Å². The van der Waals surface area contributed by atoms with Crippen LogP contribution < -0.4 is 9.88 Å². The number of nitrogens with two attached hydrogens (primary N) is 1.